The molecule has 0 aromatic rings. The van der Waals surface area contributed by atoms with Gasteiger partial charge in [0.15, 0.2) is 0 Å². The molecule has 5 unspecified atom stereocenters. The molecule has 0 amide bonds. The second kappa shape index (κ2) is 3.71. The minimum Gasteiger partial charge on any atom is -0.315 e. The molecule has 2 nitrogen and oxygen atoms in total. The van der Waals surface area contributed by atoms with Gasteiger partial charge in [0.2, 0.25) is 0 Å². The molecule has 0 spiro atoms. The zero-order chi connectivity index (χ0) is 10.5. The summed E-state index contributed by atoms with van der Waals surface area (Å²) < 4.78 is 0. The van der Waals surface area contributed by atoms with Gasteiger partial charge in [-0.05, 0) is 62.9 Å². The van der Waals surface area contributed by atoms with E-state index in [1.54, 1.807) is 12.8 Å². The summed E-state index contributed by atoms with van der Waals surface area (Å²) in [6, 6.07) is 1.88. The van der Waals surface area contributed by atoms with E-state index in [0.29, 0.717) is 0 Å². The Kier molecular flexibility index (Phi) is 2.29. The second-order valence-electron chi connectivity index (χ2n) is 6.61. The van der Waals surface area contributed by atoms with Crippen molar-refractivity contribution in [2.24, 2.45) is 17.8 Å². The van der Waals surface area contributed by atoms with Crippen molar-refractivity contribution in [3.05, 3.63) is 0 Å². The fourth-order valence-corrected chi connectivity index (χ4v) is 5.13. The molecule has 2 aliphatic carbocycles. The topological polar surface area (TPSA) is 15.3 Å². The van der Waals surface area contributed by atoms with Gasteiger partial charge in [0.25, 0.3) is 0 Å². The molecule has 0 aromatic carbocycles. The lowest BCUT2D eigenvalue weighted by Crippen LogP contribution is -2.52. The maximum Gasteiger partial charge on any atom is 0.0264 e. The molecule has 4 rings (SSSR count). The van der Waals surface area contributed by atoms with E-state index in [0.717, 1.165) is 29.8 Å². The Labute approximate surface area is 98.8 Å². The zero-order valence-corrected chi connectivity index (χ0v) is 10.2. The van der Waals surface area contributed by atoms with E-state index >= 15 is 0 Å². The Balaban J connectivity index is 1.53. The molecule has 2 saturated carbocycles. The van der Waals surface area contributed by atoms with Gasteiger partial charge in [-0.3, -0.25) is 4.90 Å². The maximum absolute atomic E-state index is 3.62. The van der Waals surface area contributed by atoms with Crippen molar-refractivity contribution in [2.45, 2.75) is 50.6 Å². The van der Waals surface area contributed by atoms with Gasteiger partial charge in [-0.25, -0.2) is 0 Å². The summed E-state index contributed by atoms with van der Waals surface area (Å²) >= 11 is 0. The Bertz CT molecular complexity index is 278. The number of rotatable bonds is 1. The molecular formula is C14H24N2. The van der Waals surface area contributed by atoms with Crippen LogP contribution in [0, 0.1) is 17.8 Å². The first-order valence-electron chi connectivity index (χ1n) is 7.38. The summed E-state index contributed by atoms with van der Waals surface area (Å²) in [5, 5.41) is 3.62. The van der Waals surface area contributed by atoms with Crippen LogP contribution < -0.4 is 5.32 Å². The highest BCUT2D eigenvalue weighted by molar-refractivity contribution is 5.01. The average molecular weight is 220 g/mol. The van der Waals surface area contributed by atoms with E-state index in [2.05, 4.69) is 10.2 Å². The van der Waals surface area contributed by atoms with Crippen molar-refractivity contribution in [2.75, 3.05) is 19.6 Å². The minimum absolute atomic E-state index is 0.901. The third-order valence-corrected chi connectivity index (χ3v) is 5.85. The molecule has 1 N–H and O–H groups in total. The second-order valence-corrected chi connectivity index (χ2v) is 6.61. The molecule has 0 radical (unpaired) electrons. The van der Waals surface area contributed by atoms with Crippen molar-refractivity contribution >= 4 is 0 Å². The number of hydrogen-bond acceptors (Lipinski definition) is 2. The molecule has 2 bridgehead atoms. The van der Waals surface area contributed by atoms with Gasteiger partial charge in [-0.2, -0.15) is 0 Å². The van der Waals surface area contributed by atoms with Gasteiger partial charge in [-0.1, -0.05) is 6.42 Å². The summed E-state index contributed by atoms with van der Waals surface area (Å²) in [5.74, 6) is 3.15. The van der Waals surface area contributed by atoms with Crippen LogP contribution in [0.1, 0.15) is 38.5 Å². The van der Waals surface area contributed by atoms with Gasteiger partial charge >= 0.3 is 0 Å². The van der Waals surface area contributed by atoms with Gasteiger partial charge in [0.05, 0.1) is 0 Å². The first-order valence-corrected chi connectivity index (χ1v) is 7.38. The highest BCUT2D eigenvalue weighted by atomic mass is 15.2. The van der Waals surface area contributed by atoms with Gasteiger partial charge in [0, 0.05) is 18.6 Å². The van der Waals surface area contributed by atoms with Crippen LogP contribution in [-0.4, -0.2) is 36.6 Å². The van der Waals surface area contributed by atoms with Gasteiger partial charge < -0.3 is 5.32 Å². The molecule has 5 atom stereocenters. The first kappa shape index (κ1) is 9.90. The largest absolute Gasteiger partial charge is 0.315 e. The van der Waals surface area contributed by atoms with Gasteiger partial charge in [-0.15, -0.1) is 0 Å². The molecule has 2 aliphatic heterocycles. The maximum atomic E-state index is 3.62. The van der Waals surface area contributed by atoms with Crippen LogP contribution in [0.3, 0.4) is 0 Å². The Morgan fingerprint density at radius 2 is 1.88 bits per heavy atom. The van der Waals surface area contributed by atoms with Crippen LogP contribution in [0.2, 0.25) is 0 Å². The number of fused-ring (bicyclic) bond motifs is 3. The predicted octanol–water partition coefficient (Wildman–Crippen LogP) is 1.86. The third-order valence-electron chi connectivity index (χ3n) is 5.85. The Hall–Kier alpha value is -0.0800. The van der Waals surface area contributed by atoms with Gasteiger partial charge in [0.1, 0.15) is 0 Å². The Morgan fingerprint density at radius 1 is 0.875 bits per heavy atom. The molecule has 2 heteroatoms. The lowest BCUT2D eigenvalue weighted by molar-refractivity contribution is 0.0496. The monoisotopic (exact) mass is 220 g/mol. The van der Waals surface area contributed by atoms with E-state index in [1.807, 2.05) is 0 Å². The van der Waals surface area contributed by atoms with Crippen LogP contribution in [0.4, 0.5) is 0 Å². The van der Waals surface area contributed by atoms with E-state index in [9.17, 15) is 0 Å². The highest BCUT2D eigenvalue weighted by Crippen LogP contribution is 2.48. The number of nitrogens with zero attached hydrogens (tertiary/aromatic N) is 1. The van der Waals surface area contributed by atoms with Crippen molar-refractivity contribution in [3.63, 3.8) is 0 Å². The fraction of sp³-hybridized carbons (Fsp3) is 1.00. The summed E-state index contributed by atoms with van der Waals surface area (Å²) in [6.45, 7) is 3.97. The van der Waals surface area contributed by atoms with Crippen LogP contribution in [0.15, 0.2) is 0 Å². The average Bonchev–Trinajstić information content (AvgIpc) is 3.03. The predicted molar refractivity (Wildman–Crippen MR) is 65.3 cm³/mol. The lowest BCUT2D eigenvalue weighted by Gasteiger charge is -2.44. The zero-order valence-electron chi connectivity index (χ0n) is 10.2. The standard InChI is InChI=1S/C14H24N2/c1-2-12-8-15-9-14(12)16(5-1)13-7-10-3-4-11(13)6-10/h10-15H,1-9H2. The molecule has 2 heterocycles. The SMILES string of the molecule is C1CC2CNCC2N(C2CC3CCC2C3)C1. The third kappa shape index (κ3) is 1.39. The Morgan fingerprint density at radius 3 is 2.69 bits per heavy atom. The summed E-state index contributed by atoms with van der Waals surface area (Å²) in [4.78, 5) is 2.93. The van der Waals surface area contributed by atoms with E-state index < -0.39 is 0 Å². The lowest BCUT2D eigenvalue weighted by atomic mass is 9.86. The summed E-state index contributed by atoms with van der Waals surface area (Å²) in [5.41, 5.74) is 0. The van der Waals surface area contributed by atoms with Crippen LogP contribution in [0.5, 0.6) is 0 Å². The van der Waals surface area contributed by atoms with Crippen LogP contribution >= 0.6 is 0 Å². The highest BCUT2D eigenvalue weighted by Gasteiger charge is 2.46. The molecule has 90 valence electrons. The number of likely N-dealkylation sites (tertiary alicyclic amines) is 1. The fourth-order valence-electron chi connectivity index (χ4n) is 5.13. The van der Waals surface area contributed by atoms with Crippen LogP contribution in [0.25, 0.3) is 0 Å². The van der Waals surface area contributed by atoms with Crippen LogP contribution in [-0.2, 0) is 0 Å². The summed E-state index contributed by atoms with van der Waals surface area (Å²) in [7, 11) is 0. The molecule has 4 aliphatic rings. The quantitative estimate of drug-likeness (QED) is 0.725. The molecule has 4 fully saturated rings. The molecule has 2 saturated heterocycles. The molecular weight excluding hydrogens is 196 g/mol. The smallest absolute Gasteiger partial charge is 0.0264 e. The number of piperidine rings is 1. The van der Waals surface area contributed by atoms with Crippen molar-refractivity contribution < 1.29 is 0 Å². The van der Waals surface area contributed by atoms with E-state index in [-0.39, 0.29) is 0 Å². The van der Waals surface area contributed by atoms with E-state index in [1.165, 1.54) is 45.3 Å². The minimum atomic E-state index is 0.901. The van der Waals surface area contributed by atoms with Crippen molar-refractivity contribution in [1.29, 1.82) is 0 Å². The number of hydrogen-bond donors (Lipinski definition) is 1. The number of nitrogens with one attached hydrogen (secondary N) is 1. The molecule has 16 heavy (non-hydrogen) atoms. The van der Waals surface area contributed by atoms with E-state index in [4.69, 9.17) is 0 Å². The normalized spacial score (nSPS) is 52.1. The molecule has 0 aromatic heterocycles. The van der Waals surface area contributed by atoms with Crippen molar-refractivity contribution in [1.82, 2.24) is 10.2 Å². The van der Waals surface area contributed by atoms with Crippen molar-refractivity contribution in [3.8, 4) is 0 Å². The first-order chi connectivity index (χ1) is 7.92. The summed E-state index contributed by atoms with van der Waals surface area (Å²) in [6.07, 6.45) is 9.11.